The highest BCUT2D eigenvalue weighted by Gasteiger charge is 2.53. The van der Waals surface area contributed by atoms with E-state index in [0.29, 0.717) is 28.6 Å². The first-order valence-electron chi connectivity index (χ1n) is 10.7. The van der Waals surface area contributed by atoms with Gasteiger partial charge in [-0.3, -0.25) is 19.3 Å². The lowest BCUT2D eigenvalue weighted by molar-refractivity contribution is -0.135. The van der Waals surface area contributed by atoms with Gasteiger partial charge in [-0.1, -0.05) is 35.1 Å². The van der Waals surface area contributed by atoms with Gasteiger partial charge in [-0.2, -0.15) is 0 Å². The Labute approximate surface area is 210 Å². The number of thiazole rings is 1. The molecule has 8 nitrogen and oxygen atoms in total. The normalized spacial score (nSPS) is 17.5. The maximum Gasteiger partial charge on any atom is 0.350 e. The molecule has 0 N–H and O–H groups in total. The highest BCUT2D eigenvalue weighted by Crippen LogP contribution is 2.43. The van der Waals surface area contributed by atoms with E-state index >= 15 is 0 Å². The summed E-state index contributed by atoms with van der Waals surface area (Å²) in [7, 11) is 1.24. The van der Waals surface area contributed by atoms with Crippen molar-refractivity contribution < 1.29 is 28.7 Å². The third-order valence-electron chi connectivity index (χ3n) is 5.59. The Morgan fingerprint density at radius 3 is 2.49 bits per heavy atom. The Kier molecular flexibility index (Phi) is 7.00. The van der Waals surface area contributed by atoms with Gasteiger partial charge < -0.3 is 9.47 Å². The van der Waals surface area contributed by atoms with Crippen LogP contribution < -0.4 is 9.64 Å². The number of carbonyl (C=O) groups excluding carboxylic acids is 4. The summed E-state index contributed by atoms with van der Waals surface area (Å²) in [6.45, 7) is 3.92. The molecule has 1 saturated heterocycles. The molecular weight excluding hydrogens is 492 g/mol. The number of benzene rings is 2. The monoisotopic (exact) mass is 512 g/mol. The number of esters is 1. The molecule has 35 heavy (non-hydrogen) atoms. The molecular formula is C25H21ClN2O6S. The van der Waals surface area contributed by atoms with Gasteiger partial charge in [0, 0.05) is 10.6 Å². The van der Waals surface area contributed by atoms with Crippen LogP contribution in [0.3, 0.4) is 0 Å². The molecule has 2 heterocycles. The highest BCUT2D eigenvalue weighted by atomic mass is 35.5. The van der Waals surface area contributed by atoms with Gasteiger partial charge in [0.15, 0.2) is 10.9 Å². The summed E-state index contributed by atoms with van der Waals surface area (Å²) < 4.78 is 10.2. The van der Waals surface area contributed by atoms with Crippen molar-refractivity contribution in [1.29, 1.82) is 0 Å². The number of anilines is 1. The number of hydrogen-bond donors (Lipinski definition) is 0. The maximum absolute atomic E-state index is 13.6. The van der Waals surface area contributed by atoms with Gasteiger partial charge in [-0.25, -0.2) is 9.78 Å². The Hall–Kier alpha value is -3.56. The van der Waals surface area contributed by atoms with E-state index in [1.165, 1.54) is 12.0 Å². The predicted molar refractivity (Wildman–Crippen MR) is 130 cm³/mol. The fourth-order valence-electron chi connectivity index (χ4n) is 4.00. The molecule has 4 rings (SSSR count). The van der Waals surface area contributed by atoms with E-state index in [2.05, 4.69) is 4.98 Å². The molecule has 2 unspecified atom stereocenters. The second-order valence-electron chi connectivity index (χ2n) is 7.74. The summed E-state index contributed by atoms with van der Waals surface area (Å²) >= 11 is 7.13. The van der Waals surface area contributed by atoms with Crippen molar-refractivity contribution in [2.45, 2.75) is 19.9 Å². The number of aryl methyl sites for hydroxylation is 1. The SMILES string of the molecule is CCOc1ccc(C(=O)C2C(=O)C(=O)N(c3nc(C)c(C(=O)OC)s3)C2c2cccc(Cl)c2)cc1. The predicted octanol–water partition coefficient (Wildman–Crippen LogP) is 4.45. The van der Waals surface area contributed by atoms with Crippen LogP contribution in [0, 0.1) is 12.8 Å². The van der Waals surface area contributed by atoms with E-state index in [-0.39, 0.29) is 15.6 Å². The van der Waals surface area contributed by atoms with Crippen LogP contribution in [0.2, 0.25) is 5.02 Å². The summed E-state index contributed by atoms with van der Waals surface area (Å²) in [6, 6.07) is 12.0. The van der Waals surface area contributed by atoms with E-state index in [0.717, 1.165) is 11.3 Å². The Bertz CT molecular complexity index is 1320. The average Bonchev–Trinajstić information content (AvgIpc) is 3.35. The fourth-order valence-corrected chi connectivity index (χ4v) is 5.22. The molecule has 0 saturated carbocycles. The molecule has 2 atom stereocenters. The highest BCUT2D eigenvalue weighted by molar-refractivity contribution is 7.17. The van der Waals surface area contributed by atoms with Crippen LogP contribution in [-0.4, -0.2) is 42.1 Å². The molecule has 10 heteroatoms. The van der Waals surface area contributed by atoms with Crippen molar-refractivity contribution in [3.8, 4) is 5.75 Å². The van der Waals surface area contributed by atoms with E-state index in [1.807, 2.05) is 6.92 Å². The Morgan fingerprint density at radius 1 is 1.14 bits per heavy atom. The summed E-state index contributed by atoms with van der Waals surface area (Å²) in [5.41, 5.74) is 1.11. The lowest BCUT2D eigenvalue weighted by Crippen LogP contribution is -2.30. The first-order valence-corrected chi connectivity index (χ1v) is 11.9. The second kappa shape index (κ2) is 9.97. The molecule has 0 bridgehead atoms. The van der Waals surface area contributed by atoms with Crippen molar-refractivity contribution in [2.24, 2.45) is 5.92 Å². The van der Waals surface area contributed by atoms with Crippen molar-refractivity contribution in [2.75, 3.05) is 18.6 Å². The van der Waals surface area contributed by atoms with Crippen LogP contribution in [0.4, 0.5) is 5.13 Å². The number of methoxy groups -OCH3 is 1. The number of hydrogen-bond acceptors (Lipinski definition) is 8. The summed E-state index contributed by atoms with van der Waals surface area (Å²) in [5.74, 6) is -3.61. The van der Waals surface area contributed by atoms with Crippen molar-refractivity contribution >= 4 is 51.5 Å². The van der Waals surface area contributed by atoms with Crippen LogP contribution in [-0.2, 0) is 14.3 Å². The lowest BCUT2D eigenvalue weighted by Gasteiger charge is -2.25. The lowest BCUT2D eigenvalue weighted by atomic mass is 9.86. The van der Waals surface area contributed by atoms with Gasteiger partial charge in [0.05, 0.1) is 25.5 Å². The quantitative estimate of drug-likeness (QED) is 0.199. The van der Waals surface area contributed by atoms with Gasteiger partial charge in [-0.15, -0.1) is 0 Å². The van der Waals surface area contributed by atoms with Gasteiger partial charge in [-0.05, 0) is 55.8 Å². The number of aromatic nitrogens is 1. The average molecular weight is 513 g/mol. The van der Waals surface area contributed by atoms with Crippen LogP contribution in [0.15, 0.2) is 48.5 Å². The van der Waals surface area contributed by atoms with Crippen molar-refractivity contribution in [3.63, 3.8) is 0 Å². The molecule has 2 aromatic carbocycles. The zero-order chi connectivity index (χ0) is 25.3. The van der Waals surface area contributed by atoms with Crippen LogP contribution in [0.5, 0.6) is 5.75 Å². The molecule has 180 valence electrons. The number of rotatable bonds is 7. The second-order valence-corrected chi connectivity index (χ2v) is 9.16. The summed E-state index contributed by atoms with van der Waals surface area (Å²) in [6.07, 6.45) is 0. The number of ketones is 2. The van der Waals surface area contributed by atoms with Gasteiger partial charge in [0.2, 0.25) is 5.78 Å². The standard InChI is InChI=1S/C25H21ClN2O6S/c1-4-34-17-10-8-14(9-11-17)20(29)18-19(15-6-5-7-16(26)12-15)28(23(31)21(18)30)25-27-13(2)22(35-25)24(32)33-3/h5-12,18-19H,4H2,1-3H3. The number of halogens is 1. The Morgan fingerprint density at radius 2 is 1.86 bits per heavy atom. The zero-order valence-corrected chi connectivity index (χ0v) is 20.7. The molecule has 0 spiro atoms. The molecule has 1 amide bonds. The molecule has 0 radical (unpaired) electrons. The number of amides is 1. The van der Waals surface area contributed by atoms with E-state index in [4.69, 9.17) is 21.1 Å². The smallest absolute Gasteiger partial charge is 0.350 e. The fraction of sp³-hybridized carbons (Fsp3) is 0.240. The van der Waals surface area contributed by atoms with Gasteiger partial charge >= 0.3 is 5.97 Å². The number of ether oxygens (including phenoxy) is 2. The largest absolute Gasteiger partial charge is 0.494 e. The molecule has 1 fully saturated rings. The molecule has 3 aromatic rings. The van der Waals surface area contributed by atoms with Crippen molar-refractivity contribution in [1.82, 2.24) is 4.98 Å². The Balaban J connectivity index is 1.82. The van der Waals surface area contributed by atoms with Gasteiger partial charge in [0.1, 0.15) is 16.5 Å². The molecule has 1 aliphatic rings. The molecule has 1 aromatic heterocycles. The first-order chi connectivity index (χ1) is 16.8. The minimum Gasteiger partial charge on any atom is -0.494 e. The van der Waals surface area contributed by atoms with Crippen LogP contribution >= 0.6 is 22.9 Å². The van der Waals surface area contributed by atoms with E-state index < -0.39 is 35.4 Å². The molecule has 0 aliphatic carbocycles. The number of nitrogens with zero attached hydrogens (tertiary/aromatic N) is 2. The number of carbonyl (C=O) groups is 4. The van der Waals surface area contributed by atoms with Crippen molar-refractivity contribution in [3.05, 3.63) is 75.3 Å². The third kappa shape index (κ3) is 4.56. The number of Topliss-reactive ketones (excluding diaryl/α,β-unsaturated/α-hetero) is 2. The van der Waals surface area contributed by atoms with Crippen LogP contribution in [0.1, 0.15) is 44.3 Å². The first kappa shape index (κ1) is 24.6. The molecule has 1 aliphatic heterocycles. The summed E-state index contributed by atoms with van der Waals surface area (Å²) in [5, 5.41) is 0.500. The minimum atomic E-state index is -1.33. The van der Waals surface area contributed by atoms with E-state index in [9.17, 15) is 19.2 Å². The third-order valence-corrected chi connectivity index (χ3v) is 6.96. The van der Waals surface area contributed by atoms with Gasteiger partial charge in [0.25, 0.3) is 5.91 Å². The topological polar surface area (TPSA) is 103 Å². The minimum absolute atomic E-state index is 0.119. The van der Waals surface area contributed by atoms with E-state index in [1.54, 1.807) is 55.5 Å². The zero-order valence-electron chi connectivity index (χ0n) is 19.1. The summed E-state index contributed by atoms with van der Waals surface area (Å²) in [4.78, 5) is 57.9. The van der Waals surface area contributed by atoms with Crippen LogP contribution in [0.25, 0.3) is 0 Å². The maximum atomic E-state index is 13.6.